The number of hydrazone groups is 1. The Bertz CT molecular complexity index is 1420. The summed E-state index contributed by atoms with van der Waals surface area (Å²) in [6.07, 6.45) is 1.26. The molecule has 3 N–H and O–H groups in total. The summed E-state index contributed by atoms with van der Waals surface area (Å²) >= 11 is 7.07. The van der Waals surface area contributed by atoms with Crippen molar-refractivity contribution >= 4 is 46.4 Å². The first-order valence-corrected chi connectivity index (χ1v) is 11.0. The molecule has 0 saturated carbocycles. The van der Waals surface area contributed by atoms with Gasteiger partial charge in [-0.25, -0.2) is 10.4 Å². The molecule has 0 spiro atoms. The van der Waals surface area contributed by atoms with Crippen LogP contribution in [0.5, 0.6) is 11.5 Å². The summed E-state index contributed by atoms with van der Waals surface area (Å²) in [4.78, 5) is 30.1. The summed E-state index contributed by atoms with van der Waals surface area (Å²) in [5.74, 6) is -0.744. The highest BCUT2D eigenvalue weighted by Gasteiger charge is 2.14. The lowest BCUT2D eigenvalue weighted by atomic mass is 10.2. The molecule has 33 heavy (non-hydrogen) atoms. The number of nitrogens with zero attached hydrogens (tertiary/aromatic N) is 3. The molecule has 166 valence electrons. The van der Waals surface area contributed by atoms with Crippen LogP contribution in [0.4, 0.5) is 0 Å². The van der Waals surface area contributed by atoms with Crippen LogP contribution in [0.15, 0.2) is 81.8 Å². The molecule has 3 aromatic carbocycles. The predicted octanol–water partition coefficient (Wildman–Crippen LogP) is 3.69. The molecule has 0 bridgehead atoms. The molecule has 0 aliphatic heterocycles. The van der Waals surface area contributed by atoms with Gasteiger partial charge in [-0.2, -0.15) is 5.10 Å². The van der Waals surface area contributed by atoms with Crippen LogP contribution in [0.1, 0.15) is 5.56 Å². The minimum absolute atomic E-state index is 0.0583. The summed E-state index contributed by atoms with van der Waals surface area (Å²) in [5, 5.41) is 24.2. The Kier molecular flexibility index (Phi) is 6.62. The SMILES string of the molecule is O=C(CSc1nc2ccccc2c(=O)n1-c1ccc(Cl)cc1)N/N=C\c1ccc(O)cc1O. The Morgan fingerprint density at radius 2 is 1.88 bits per heavy atom. The van der Waals surface area contributed by atoms with Crippen LogP contribution in [0.2, 0.25) is 5.02 Å². The number of phenolic OH excluding ortho intramolecular Hbond substituents is 2. The van der Waals surface area contributed by atoms with Gasteiger partial charge in [0.1, 0.15) is 11.5 Å². The van der Waals surface area contributed by atoms with Gasteiger partial charge in [-0.1, -0.05) is 35.5 Å². The maximum atomic E-state index is 13.2. The van der Waals surface area contributed by atoms with Crippen molar-refractivity contribution in [3.63, 3.8) is 0 Å². The topological polar surface area (TPSA) is 117 Å². The number of amides is 1. The highest BCUT2D eigenvalue weighted by molar-refractivity contribution is 7.99. The summed E-state index contributed by atoms with van der Waals surface area (Å²) in [5.41, 5.74) is 3.53. The van der Waals surface area contributed by atoms with Gasteiger partial charge < -0.3 is 10.2 Å². The van der Waals surface area contributed by atoms with Crippen LogP contribution < -0.4 is 11.0 Å². The maximum absolute atomic E-state index is 13.2. The molecule has 4 aromatic rings. The summed E-state index contributed by atoms with van der Waals surface area (Å²) in [6, 6.07) is 17.8. The Labute approximate surface area is 197 Å². The molecule has 0 aliphatic carbocycles. The molecule has 0 unspecified atom stereocenters. The van der Waals surface area contributed by atoms with Crippen molar-refractivity contribution in [2.75, 3.05) is 5.75 Å². The van der Waals surface area contributed by atoms with Gasteiger partial charge in [0.15, 0.2) is 5.16 Å². The number of halogens is 1. The van der Waals surface area contributed by atoms with Crippen molar-refractivity contribution in [2.24, 2.45) is 5.10 Å². The number of aromatic nitrogens is 2. The van der Waals surface area contributed by atoms with E-state index in [0.717, 1.165) is 11.8 Å². The monoisotopic (exact) mass is 480 g/mol. The number of phenols is 2. The Hall–Kier alpha value is -3.82. The average Bonchev–Trinajstić information content (AvgIpc) is 2.80. The van der Waals surface area contributed by atoms with Crippen molar-refractivity contribution in [3.05, 3.63) is 87.7 Å². The number of hydrogen-bond donors (Lipinski definition) is 3. The van der Waals surface area contributed by atoms with Gasteiger partial charge in [0, 0.05) is 16.7 Å². The van der Waals surface area contributed by atoms with Crippen LogP contribution in [0, 0.1) is 0 Å². The number of hydrogen-bond acceptors (Lipinski definition) is 7. The van der Waals surface area contributed by atoms with Gasteiger partial charge in [0.25, 0.3) is 11.5 Å². The molecule has 10 heteroatoms. The standard InChI is InChI=1S/C23H17ClN4O4S/c24-15-6-8-16(9-7-15)28-22(32)18-3-1-2-4-19(18)26-23(28)33-13-21(31)27-25-12-14-5-10-17(29)11-20(14)30/h1-12,29-30H,13H2,(H,27,31)/b25-12-. The molecular formula is C23H17ClN4O4S. The lowest BCUT2D eigenvalue weighted by Gasteiger charge is -2.13. The van der Waals surface area contributed by atoms with Crippen molar-refractivity contribution in [2.45, 2.75) is 5.16 Å². The summed E-state index contributed by atoms with van der Waals surface area (Å²) in [6.45, 7) is 0. The van der Waals surface area contributed by atoms with Crippen molar-refractivity contribution < 1.29 is 15.0 Å². The zero-order valence-electron chi connectivity index (χ0n) is 17.0. The minimum Gasteiger partial charge on any atom is -0.508 e. The van der Waals surface area contributed by atoms with E-state index >= 15 is 0 Å². The molecular weight excluding hydrogens is 464 g/mol. The fraction of sp³-hybridized carbons (Fsp3) is 0.0435. The predicted molar refractivity (Wildman–Crippen MR) is 129 cm³/mol. The van der Waals surface area contributed by atoms with Gasteiger partial charge in [-0.3, -0.25) is 14.2 Å². The van der Waals surface area contributed by atoms with E-state index in [-0.39, 0.29) is 22.8 Å². The second kappa shape index (κ2) is 9.76. The minimum atomic E-state index is -0.431. The van der Waals surface area contributed by atoms with Gasteiger partial charge in [-0.05, 0) is 48.5 Å². The highest BCUT2D eigenvalue weighted by Crippen LogP contribution is 2.23. The normalized spacial score (nSPS) is 11.2. The zero-order chi connectivity index (χ0) is 23.4. The van der Waals surface area contributed by atoms with Gasteiger partial charge >= 0.3 is 0 Å². The number of fused-ring (bicyclic) bond motifs is 1. The van der Waals surface area contributed by atoms with Crippen LogP contribution in [-0.4, -0.2) is 37.6 Å². The Morgan fingerprint density at radius 1 is 1.12 bits per heavy atom. The van der Waals surface area contributed by atoms with Crippen molar-refractivity contribution in [1.82, 2.24) is 15.0 Å². The number of nitrogens with one attached hydrogen (secondary N) is 1. The van der Waals surface area contributed by atoms with E-state index in [9.17, 15) is 19.8 Å². The fourth-order valence-electron chi connectivity index (χ4n) is 3.00. The Morgan fingerprint density at radius 3 is 2.64 bits per heavy atom. The number of thioether (sulfide) groups is 1. The number of rotatable bonds is 6. The molecule has 0 aliphatic rings. The van der Waals surface area contributed by atoms with E-state index in [1.807, 2.05) is 0 Å². The van der Waals surface area contributed by atoms with E-state index in [1.165, 1.54) is 29.0 Å². The average molecular weight is 481 g/mol. The van der Waals surface area contributed by atoms with Crippen LogP contribution in [0.25, 0.3) is 16.6 Å². The van der Waals surface area contributed by atoms with Crippen molar-refractivity contribution in [1.29, 1.82) is 0 Å². The summed E-state index contributed by atoms with van der Waals surface area (Å²) in [7, 11) is 0. The zero-order valence-corrected chi connectivity index (χ0v) is 18.5. The molecule has 0 radical (unpaired) electrons. The lowest BCUT2D eigenvalue weighted by molar-refractivity contribution is -0.118. The number of carbonyl (C=O) groups excluding carboxylic acids is 1. The smallest absolute Gasteiger partial charge is 0.266 e. The molecule has 1 aromatic heterocycles. The first-order chi connectivity index (χ1) is 15.9. The first kappa shape index (κ1) is 22.4. The Balaban J connectivity index is 1.55. The number of benzene rings is 3. The van der Waals surface area contributed by atoms with E-state index in [2.05, 4.69) is 15.5 Å². The third-order valence-electron chi connectivity index (χ3n) is 4.57. The fourth-order valence-corrected chi connectivity index (χ4v) is 3.94. The second-order valence-corrected chi connectivity index (χ2v) is 8.23. The largest absolute Gasteiger partial charge is 0.508 e. The summed E-state index contributed by atoms with van der Waals surface area (Å²) < 4.78 is 1.44. The molecule has 0 saturated heterocycles. The molecule has 8 nitrogen and oxygen atoms in total. The lowest BCUT2D eigenvalue weighted by Crippen LogP contribution is -2.24. The van der Waals surface area contributed by atoms with E-state index < -0.39 is 5.91 Å². The number of aromatic hydroxyl groups is 2. The highest BCUT2D eigenvalue weighted by atomic mass is 35.5. The van der Waals surface area contributed by atoms with Gasteiger partial charge in [0.05, 0.1) is 28.6 Å². The van der Waals surface area contributed by atoms with Gasteiger partial charge in [-0.15, -0.1) is 0 Å². The second-order valence-electron chi connectivity index (χ2n) is 6.85. The van der Waals surface area contributed by atoms with Crippen LogP contribution in [0.3, 0.4) is 0 Å². The van der Waals surface area contributed by atoms with E-state index in [1.54, 1.807) is 48.5 Å². The van der Waals surface area contributed by atoms with Crippen LogP contribution in [-0.2, 0) is 4.79 Å². The molecule has 1 amide bonds. The molecule has 1 heterocycles. The third-order valence-corrected chi connectivity index (χ3v) is 5.76. The quantitative estimate of drug-likeness (QED) is 0.168. The molecule has 4 rings (SSSR count). The number of para-hydroxylation sites is 1. The first-order valence-electron chi connectivity index (χ1n) is 9.67. The number of carbonyl (C=O) groups is 1. The maximum Gasteiger partial charge on any atom is 0.266 e. The van der Waals surface area contributed by atoms with Crippen LogP contribution >= 0.6 is 23.4 Å². The van der Waals surface area contributed by atoms with E-state index in [0.29, 0.717) is 32.3 Å². The van der Waals surface area contributed by atoms with E-state index in [4.69, 9.17) is 11.6 Å². The van der Waals surface area contributed by atoms with Crippen molar-refractivity contribution in [3.8, 4) is 17.2 Å². The molecule has 0 fully saturated rings. The van der Waals surface area contributed by atoms with Gasteiger partial charge in [0.2, 0.25) is 0 Å². The molecule has 0 atom stereocenters. The third kappa shape index (κ3) is 5.16.